The summed E-state index contributed by atoms with van der Waals surface area (Å²) in [6.07, 6.45) is 4.26. The van der Waals surface area contributed by atoms with Gasteiger partial charge in [-0.1, -0.05) is 19.1 Å². The number of ether oxygens (including phenoxy) is 2. The lowest BCUT2D eigenvalue weighted by atomic mass is 9.99. The molecule has 0 saturated carbocycles. The first-order chi connectivity index (χ1) is 14.5. The molecule has 0 bridgehead atoms. The van der Waals surface area contributed by atoms with Gasteiger partial charge >= 0.3 is 0 Å². The van der Waals surface area contributed by atoms with E-state index >= 15 is 0 Å². The molecule has 1 heterocycles. The average Bonchev–Trinajstić information content (AvgIpc) is 3.16. The minimum Gasteiger partial charge on any atom is -0.497 e. The summed E-state index contributed by atoms with van der Waals surface area (Å²) in [5.41, 5.74) is 4.46. The first kappa shape index (κ1) is 21.5. The Kier molecular flexibility index (Phi) is 6.83. The molecule has 3 aromatic rings. The first-order valence-electron chi connectivity index (χ1n) is 10.3. The van der Waals surface area contributed by atoms with Crippen LogP contribution in [0.5, 0.6) is 11.5 Å². The number of nitrogens with one attached hydrogen (secondary N) is 1. The molecular weight excluding hydrogens is 378 g/mol. The molecular formula is C25H29NO4. The van der Waals surface area contributed by atoms with Gasteiger partial charge in [-0.15, -0.1) is 0 Å². The molecule has 0 aliphatic rings. The Hall–Kier alpha value is -3.21. The van der Waals surface area contributed by atoms with E-state index in [0.717, 1.165) is 45.4 Å². The van der Waals surface area contributed by atoms with Crippen LogP contribution >= 0.6 is 0 Å². The molecule has 0 aliphatic heterocycles. The number of hydrogen-bond donors (Lipinski definition) is 1. The SMILES string of the molecule is CCOc1cc2occ(-c3ccc(OC)cc3)c2cc1/C(C)=C/C(=O)NC(C)CC. The van der Waals surface area contributed by atoms with Gasteiger partial charge in [-0.05, 0) is 56.5 Å². The molecule has 0 radical (unpaired) electrons. The smallest absolute Gasteiger partial charge is 0.244 e. The highest BCUT2D eigenvalue weighted by Crippen LogP contribution is 2.37. The van der Waals surface area contributed by atoms with Crippen LogP contribution in [-0.2, 0) is 4.79 Å². The van der Waals surface area contributed by atoms with E-state index in [-0.39, 0.29) is 11.9 Å². The van der Waals surface area contributed by atoms with Gasteiger partial charge in [0.05, 0.1) is 20.0 Å². The molecule has 1 aromatic heterocycles. The Morgan fingerprint density at radius 1 is 1.20 bits per heavy atom. The highest BCUT2D eigenvalue weighted by atomic mass is 16.5. The molecule has 30 heavy (non-hydrogen) atoms. The van der Waals surface area contributed by atoms with Gasteiger partial charge in [0.15, 0.2) is 0 Å². The second-order valence-corrected chi connectivity index (χ2v) is 7.30. The van der Waals surface area contributed by atoms with Crippen LogP contribution < -0.4 is 14.8 Å². The zero-order valence-electron chi connectivity index (χ0n) is 18.2. The maximum atomic E-state index is 12.4. The molecule has 158 valence electrons. The molecule has 1 unspecified atom stereocenters. The molecule has 2 aromatic carbocycles. The van der Waals surface area contributed by atoms with Gasteiger partial charge in [0.2, 0.25) is 5.91 Å². The molecule has 0 spiro atoms. The van der Waals surface area contributed by atoms with E-state index in [2.05, 4.69) is 5.32 Å². The number of fused-ring (bicyclic) bond motifs is 1. The number of hydrogen-bond acceptors (Lipinski definition) is 4. The topological polar surface area (TPSA) is 60.7 Å². The second-order valence-electron chi connectivity index (χ2n) is 7.30. The van der Waals surface area contributed by atoms with Gasteiger partial charge in [-0.2, -0.15) is 0 Å². The number of benzene rings is 2. The van der Waals surface area contributed by atoms with Gasteiger partial charge in [-0.25, -0.2) is 0 Å². The van der Waals surface area contributed by atoms with E-state index in [4.69, 9.17) is 13.9 Å². The highest BCUT2D eigenvalue weighted by molar-refractivity contribution is 6.00. The molecule has 0 saturated heterocycles. The van der Waals surface area contributed by atoms with Gasteiger partial charge in [0.1, 0.15) is 17.1 Å². The van der Waals surface area contributed by atoms with Crippen molar-refractivity contribution in [3.05, 3.63) is 54.3 Å². The Bertz CT molecular complexity index is 1050. The first-order valence-corrected chi connectivity index (χ1v) is 10.3. The summed E-state index contributed by atoms with van der Waals surface area (Å²) < 4.78 is 16.9. The Morgan fingerprint density at radius 2 is 1.93 bits per heavy atom. The van der Waals surface area contributed by atoms with Crippen LogP contribution in [0.4, 0.5) is 0 Å². The summed E-state index contributed by atoms with van der Waals surface area (Å²) in [5, 5.41) is 3.94. The highest BCUT2D eigenvalue weighted by Gasteiger charge is 2.15. The molecule has 5 nitrogen and oxygen atoms in total. The quantitative estimate of drug-likeness (QED) is 0.478. The van der Waals surface area contributed by atoms with Gasteiger partial charge in [-0.3, -0.25) is 4.79 Å². The number of rotatable bonds is 8. The lowest BCUT2D eigenvalue weighted by Crippen LogP contribution is -2.30. The van der Waals surface area contributed by atoms with Gasteiger partial charge < -0.3 is 19.2 Å². The fraction of sp³-hybridized carbons (Fsp3) is 0.320. The van der Waals surface area contributed by atoms with Crippen LogP contribution in [0, 0.1) is 0 Å². The van der Waals surface area contributed by atoms with Crippen molar-refractivity contribution in [1.29, 1.82) is 0 Å². The minimum absolute atomic E-state index is 0.105. The summed E-state index contributed by atoms with van der Waals surface area (Å²) in [5.74, 6) is 1.40. The number of methoxy groups -OCH3 is 1. The molecule has 1 N–H and O–H groups in total. The van der Waals surface area contributed by atoms with E-state index < -0.39 is 0 Å². The lowest BCUT2D eigenvalue weighted by molar-refractivity contribution is -0.117. The lowest BCUT2D eigenvalue weighted by Gasteiger charge is -2.13. The molecule has 0 aliphatic carbocycles. The molecule has 3 rings (SSSR count). The number of carbonyl (C=O) groups excluding carboxylic acids is 1. The Balaban J connectivity index is 2.05. The van der Waals surface area contributed by atoms with Crippen molar-refractivity contribution in [2.75, 3.05) is 13.7 Å². The van der Waals surface area contributed by atoms with E-state index in [9.17, 15) is 4.79 Å². The summed E-state index contributed by atoms with van der Waals surface area (Å²) in [6.45, 7) is 8.42. The standard InChI is InChI=1S/C25H29NO4/c1-6-17(4)26-25(27)12-16(3)20-13-21-22(18-8-10-19(28-5)11-9-18)15-30-24(21)14-23(20)29-7-2/h8-15,17H,6-7H2,1-5H3,(H,26,27)/b16-12+. The fourth-order valence-corrected chi connectivity index (χ4v) is 3.29. The number of furan rings is 1. The largest absolute Gasteiger partial charge is 0.497 e. The zero-order chi connectivity index (χ0) is 21.7. The van der Waals surface area contributed by atoms with Crippen LogP contribution in [0.3, 0.4) is 0 Å². The predicted octanol–water partition coefficient (Wildman–Crippen LogP) is 5.83. The van der Waals surface area contributed by atoms with Gasteiger partial charge in [0.25, 0.3) is 0 Å². The van der Waals surface area contributed by atoms with E-state index in [1.54, 1.807) is 19.4 Å². The van der Waals surface area contributed by atoms with Crippen molar-refractivity contribution in [1.82, 2.24) is 5.32 Å². The van der Waals surface area contributed by atoms with Gasteiger partial charge in [0, 0.05) is 34.7 Å². The number of allylic oxidation sites excluding steroid dienone is 1. The summed E-state index contributed by atoms with van der Waals surface area (Å²) in [4.78, 5) is 12.4. The third kappa shape index (κ3) is 4.67. The van der Waals surface area contributed by atoms with Crippen molar-refractivity contribution in [2.45, 2.75) is 40.2 Å². The third-order valence-electron chi connectivity index (χ3n) is 5.15. The predicted molar refractivity (Wildman–Crippen MR) is 121 cm³/mol. The van der Waals surface area contributed by atoms with Crippen molar-refractivity contribution in [3.8, 4) is 22.6 Å². The molecule has 0 fully saturated rings. The molecule has 1 atom stereocenters. The van der Waals surface area contributed by atoms with Crippen LogP contribution in [0.2, 0.25) is 0 Å². The average molecular weight is 408 g/mol. The Morgan fingerprint density at radius 3 is 2.57 bits per heavy atom. The van der Waals surface area contributed by atoms with Crippen molar-refractivity contribution < 1.29 is 18.7 Å². The monoisotopic (exact) mass is 407 g/mol. The zero-order valence-corrected chi connectivity index (χ0v) is 18.2. The summed E-state index contributed by atoms with van der Waals surface area (Å²) in [6, 6.07) is 11.9. The van der Waals surface area contributed by atoms with E-state index in [0.29, 0.717) is 12.4 Å². The van der Waals surface area contributed by atoms with Crippen molar-refractivity contribution in [2.24, 2.45) is 0 Å². The maximum Gasteiger partial charge on any atom is 0.244 e. The number of carbonyl (C=O) groups is 1. The van der Waals surface area contributed by atoms with E-state index in [1.807, 2.05) is 64.1 Å². The third-order valence-corrected chi connectivity index (χ3v) is 5.15. The van der Waals surface area contributed by atoms with Crippen LogP contribution in [-0.4, -0.2) is 25.7 Å². The Labute approximate surface area is 177 Å². The van der Waals surface area contributed by atoms with Crippen LogP contribution in [0.15, 0.2) is 53.2 Å². The fourth-order valence-electron chi connectivity index (χ4n) is 3.29. The summed E-state index contributed by atoms with van der Waals surface area (Å²) in [7, 11) is 1.65. The van der Waals surface area contributed by atoms with Crippen molar-refractivity contribution in [3.63, 3.8) is 0 Å². The summed E-state index contributed by atoms with van der Waals surface area (Å²) >= 11 is 0. The van der Waals surface area contributed by atoms with E-state index in [1.165, 1.54) is 0 Å². The number of amides is 1. The van der Waals surface area contributed by atoms with Crippen molar-refractivity contribution >= 4 is 22.4 Å². The normalized spacial score (nSPS) is 12.6. The molecule has 1 amide bonds. The second kappa shape index (κ2) is 9.53. The van der Waals surface area contributed by atoms with Crippen LogP contribution in [0.1, 0.15) is 39.7 Å². The minimum atomic E-state index is -0.105. The molecule has 5 heteroatoms. The van der Waals surface area contributed by atoms with Crippen LogP contribution in [0.25, 0.3) is 27.7 Å². The maximum absolute atomic E-state index is 12.4.